The first-order chi connectivity index (χ1) is 12.9. The molecule has 0 bridgehead atoms. The minimum atomic E-state index is -0.145. The van der Waals surface area contributed by atoms with E-state index in [0.29, 0.717) is 5.41 Å². The number of fused-ring (bicyclic) bond motifs is 5. The topological polar surface area (TPSA) is 20.2 Å². The quantitative estimate of drug-likeness (QED) is 0.623. The molecule has 5 rings (SSSR count). The monoisotopic (exact) mass is 368 g/mol. The zero-order valence-electron chi connectivity index (χ0n) is 16.8. The molecule has 1 nitrogen and oxygen atoms in total. The van der Waals surface area contributed by atoms with Gasteiger partial charge in [0.1, 0.15) is 5.82 Å². The average Bonchev–Trinajstić information content (AvgIpc) is 3.00. The number of hydrogen-bond donors (Lipinski definition) is 1. The fourth-order valence-electron chi connectivity index (χ4n) is 7.88. The van der Waals surface area contributed by atoms with Crippen LogP contribution in [0.15, 0.2) is 30.3 Å². The molecule has 1 aromatic rings. The molecule has 0 unspecified atom stereocenters. The first kappa shape index (κ1) is 17.9. The maximum atomic E-state index is 13.4. The Morgan fingerprint density at radius 2 is 1.74 bits per heavy atom. The summed E-state index contributed by atoms with van der Waals surface area (Å²) in [4.78, 5) is 0. The van der Waals surface area contributed by atoms with Gasteiger partial charge in [-0.2, -0.15) is 0 Å². The predicted octanol–water partition coefficient (Wildman–Crippen LogP) is 6.22. The highest BCUT2D eigenvalue weighted by Crippen LogP contribution is 2.67. The molecule has 7 atom stereocenters. The Kier molecular flexibility index (Phi) is 4.10. The number of benzene rings is 1. The van der Waals surface area contributed by atoms with Crippen LogP contribution in [0, 0.1) is 40.3 Å². The second-order valence-electron chi connectivity index (χ2n) is 10.4. The Morgan fingerprint density at radius 1 is 0.963 bits per heavy atom. The molecule has 0 radical (unpaired) electrons. The molecule has 2 heteroatoms. The highest BCUT2D eigenvalue weighted by atomic mass is 19.1. The molecule has 0 amide bonds. The van der Waals surface area contributed by atoms with Gasteiger partial charge in [-0.25, -0.2) is 4.39 Å². The van der Waals surface area contributed by atoms with Crippen LogP contribution in [0.2, 0.25) is 0 Å². The van der Waals surface area contributed by atoms with Crippen LogP contribution >= 0.6 is 0 Å². The van der Waals surface area contributed by atoms with E-state index in [1.54, 1.807) is 12.1 Å². The normalized spacial score (nSPS) is 46.2. The molecule has 0 aliphatic heterocycles. The van der Waals surface area contributed by atoms with Crippen molar-refractivity contribution in [2.45, 2.75) is 71.3 Å². The van der Waals surface area contributed by atoms with Crippen molar-refractivity contribution >= 4 is 5.57 Å². The van der Waals surface area contributed by atoms with Crippen LogP contribution in [-0.2, 0) is 0 Å². The van der Waals surface area contributed by atoms with Gasteiger partial charge in [-0.05, 0) is 109 Å². The van der Waals surface area contributed by atoms with Gasteiger partial charge in [-0.1, -0.05) is 32.1 Å². The molecular formula is C25H33FO. The van der Waals surface area contributed by atoms with E-state index < -0.39 is 0 Å². The minimum Gasteiger partial charge on any atom is -0.393 e. The van der Waals surface area contributed by atoms with E-state index in [1.807, 2.05) is 12.1 Å². The summed E-state index contributed by atoms with van der Waals surface area (Å²) in [6.07, 6.45) is 12.0. The minimum absolute atomic E-state index is 0.0632. The van der Waals surface area contributed by atoms with Crippen LogP contribution in [-0.4, -0.2) is 11.2 Å². The van der Waals surface area contributed by atoms with E-state index in [1.165, 1.54) is 49.7 Å². The van der Waals surface area contributed by atoms with Crippen LogP contribution in [0.4, 0.5) is 4.39 Å². The van der Waals surface area contributed by atoms with Crippen LogP contribution in [0.25, 0.3) is 5.57 Å². The third kappa shape index (κ3) is 2.58. The second-order valence-corrected chi connectivity index (χ2v) is 10.4. The Morgan fingerprint density at radius 3 is 2.52 bits per heavy atom. The Bertz CT molecular complexity index is 752. The third-order valence-electron chi connectivity index (χ3n) is 9.37. The highest BCUT2D eigenvalue weighted by Gasteiger charge is 2.58. The van der Waals surface area contributed by atoms with E-state index in [4.69, 9.17) is 0 Å². The standard InChI is InChI=1S/C25H33FO/c1-24-13-11-19(27)15-17(24)5-8-20-22-10-9-21(16-3-6-18(26)7-4-16)25(22,2)14-12-23(20)24/h3-4,6-7,9,17,19-20,22-23,27H,5,8,10-15H2,1-2H3/t17-,19-,20-,22-,23-,24-,25+/m0/s1. The maximum absolute atomic E-state index is 13.4. The summed E-state index contributed by atoms with van der Waals surface area (Å²) in [6, 6.07) is 7.17. The summed E-state index contributed by atoms with van der Waals surface area (Å²) in [7, 11) is 0. The van der Waals surface area contributed by atoms with Gasteiger partial charge < -0.3 is 5.11 Å². The van der Waals surface area contributed by atoms with E-state index >= 15 is 0 Å². The second kappa shape index (κ2) is 6.17. The van der Waals surface area contributed by atoms with Crippen molar-refractivity contribution < 1.29 is 9.50 Å². The van der Waals surface area contributed by atoms with Crippen LogP contribution in [0.1, 0.15) is 70.8 Å². The van der Waals surface area contributed by atoms with Gasteiger partial charge in [0.2, 0.25) is 0 Å². The van der Waals surface area contributed by atoms with E-state index in [2.05, 4.69) is 19.9 Å². The number of rotatable bonds is 1. The Hall–Kier alpha value is -1.15. The summed E-state index contributed by atoms with van der Waals surface area (Å²) in [5, 5.41) is 10.2. The van der Waals surface area contributed by atoms with E-state index in [-0.39, 0.29) is 17.3 Å². The summed E-state index contributed by atoms with van der Waals surface area (Å²) >= 11 is 0. The lowest BCUT2D eigenvalue weighted by atomic mass is 9.44. The number of aliphatic hydroxyl groups excluding tert-OH is 1. The zero-order chi connectivity index (χ0) is 18.8. The van der Waals surface area contributed by atoms with E-state index in [9.17, 15) is 9.50 Å². The number of hydrogen-bond acceptors (Lipinski definition) is 1. The molecule has 0 saturated heterocycles. The van der Waals surface area contributed by atoms with Crippen molar-refractivity contribution in [2.24, 2.45) is 34.5 Å². The predicted molar refractivity (Wildman–Crippen MR) is 107 cm³/mol. The van der Waals surface area contributed by atoms with Crippen LogP contribution in [0.3, 0.4) is 0 Å². The molecule has 146 valence electrons. The van der Waals surface area contributed by atoms with E-state index in [0.717, 1.165) is 36.5 Å². The molecular weight excluding hydrogens is 335 g/mol. The molecule has 0 spiro atoms. The van der Waals surface area contributed by atoms with Crippen molar-refractivity contribution in [2.75, 3.05) is 0 Å². The Labute approximate surface area is 163 Å². The van der Waals surface area contributed by atoms with Crippen molar-refractivity contribution in [3.63, 3.8) is 0 Å². The molecule has 4 aliphatic rings. The molecule has 1 N–H and O–H groups in total. The SMILES string of the molecule is C[C@]12CC[C@H](O)C[C@@H]1CC[C@@H]1[C@@H]2CC[C@]2(C)C(c3ccc(F)cc3)=CC[C@@H]12. The molecule has 3 fully saturated rings. The van der Waals surface area contributed by atoms with Gasteiger partial charge in [0, 0.05) is 0 Å². The van der Waals surface area contributed by atoms with Crippen molar-refractivity contribution in [3.05, 3.63) is 41.7 Å². The summed E-state index contributed by atoms with van der Waals surface area (Å²) < 4.78 is 13.4. The third-order valence-corrected chi connectivity index (χ3v) is 9.37. The first-order valence-corrected chi connectivity index (χ1v) is 11.1. The van der Waals surface area contributed by atoms with Crippen molar-refractivity contribution in [3.8, 4) is 0 Å². The van der Waals surface area contributed by atoms with Gasteiger partial charge in [-0.15, -0.1) is 0 Å². The number of halogens is 1. The summed E-state index contributed by atoms with van der Waals surface area (Å²) in [6.45, 7) is 5.03. The summed E-state index contributed by atoms with van der Waals surface area (Å²) in [5.41, 5.74) is 3.37. The maximum Gasteiger partial charge on any atom is 0.123 e. The molecule has 0 heterocycles. The molecule has 4 aliphatic carbocycles. The summed E-state index contributed by atoms with van der Waals surface area (Å²) in [5.74, 6) is 2.95. The van der Waals surface area contributed by atoms with Crippen molar-refractivity contribution in [1.29, 1.82) is 0 Å². The lowest BCUT2D eigenvalue weighted by molar-refractivity contribution is -0.115. The number of allylic oxidation sites excluding steroid dienone is 2. The van der Waals surface area contributed by atoms with Gasteiger partial charge in [-0.3, -0.25) is 0 Å². The largest absolute Gasteiger partial charge is 0.393 e. The van der Waals surface area contributed by atoms with Gasteiger partial charge in [0.25, 0.3) is 0 Å². The smallest absolute Gasteiger partial charge is 0.123 e. The molecule has 0 aromatic heterocycles. The van der Waals surface area contributed by atoms with Gasteiger partial charge in [0.15, 0.2) is 0 Å². The average molecular weight is 369 g/mol. The van der Waals surface area contributed by atoms with Crippen LogP contribution in [0.5, 0.6) is 0 Å². The zero-order valence-corrected chi connectivity index (χ0v) is 16.8. The first-order valence-electron chi connectivity index (χ1n) is 11.1. The van der Waals surface area contributed by atoms with Crippen LogP contribution < -0.4 is 0 Å². The molecule has 27 heavy (non-hydrogen) atoms. The van der Waals surface area contributed by atoms with Gasteiger partial charge >= 0.3 is 0 Å². The fourth-order valence-corrected chi connectivity index (χ4v) is 7.88. The highest BCUT2D eigenvalue weighted by molar-refractivity contribution is 5.72. The molecule has 1 aromatic carbocycles. The number of aliphatic hydroxyl groups is 1. The lowest BCUT2D eigenvalue weighted by Crippen LogP contribution is -2.53. The lowest BCUT2D eigenvalue weighted by Gasteiger charge is -2.60. The molecule has 3 saturated carbocycles. The van der Waals surface area contributed by atoms with Crippen molar-refractivity contribution in [1.82, 2.24) is 0 Å². The fraction of sp³-hybridized carbons (Fsp3) is 0.680. The van der Waals surface area contributed by atoms with Gasteiger partial charge in [0.05, 0.1) is 6.10 Å². The Balaban J connectivity index is 1.43.